The lowest BCUT2D eigenvalue weighted by Gasteiger charge is -2.36. The molecule has 124 valence electrons. The van der Waals surface area contributed by atoms with Gasteiger partial charge in [-0.25, -0.2) is 8.78 Å². The predicted octanol–water partition coefficient (Wildman–Crippen LogP) is 5.50. The molecular weight excluding hydrogens is 304 g/mol. The number of rotatable bonds is 3. The SMILES string of the molecule is Cc1ccc(C2CC(Cc3c(C)ccc(C#N)c3F)C2)c(F)c1C. The quantitative estimate of drug-likeness (QED) is 0.731. The number of benzene rings is 2. The van der Waals surface area contributed by atoms with Crippen molar-refractivity contribution in [3.05, 3.63) is 69.3 Å². The van der Waals surface area contributed by atoms with Gasteiger partial charge in [0, 0.05) is 0 Å². The molecule has 0 unspecified atom stereocenters. The van der Waals surface area contributed by atoms with Crippen LogP contribution in [0.3, 0.4) is 0 Å². The molecule has 2 aromatic carbocycles. The number of nitriles is 1. The number of hydrogen-bond donors (Lipinski definition) is 0. The van der Waals surface area contributed by atoms with E-state index in [4.69, 9.17) is 5.26 Å². The molecule has 0 bridgehead atoms. The summed E-state index contributed by atoms with van der Waals surface area (Å²) in [6, 6.07) is 9.10. The van der Waals surface area contributed by atoms with Crippen LogP contribution >= 0.6 is 0 Å². The van der Waals surface area contributed by atoms with E-state index in [2.05, 4.69) is 0 Å². The third-order valence-electron chi connectivity index (χ3n) is 5.45. The van der Waals surface area contributed by atoms with Crippen LogP contribution in [0.25, 0.3) is 0 Å². The van der Waals surface area contributed by atoms with Crippen molar-refractivity contribution in [1.82, 2.24) is 0 Å². The van der Waals surface area contributed by atoms with E-state index in [0.29, 0.717) is 17.9 Å². The number of nitrogens with zero attached hydrogens (tertiary/aromatic N) is 1. The highest BCUT2D eigenvalue weighted by Crippen LogP contribution is 2.45. The normalized spacial score (nSPS) is 19.7. The summed E-state index contributed by atoms with van der Waals surface area (Å²) in [7, 11) is 0. The third-order valence-corrected chi connectivity index (χ3v) is 5.45. The molecule has 0 spiro atoms. The van der Waals surface area contributed by atoms with E-state index in [1.807, 2.05) is 39.0 Å². The molecule has 0 aromatic heterocycles. The predicted molar refractivity (Wildman–Crippen MR) is 90.9 cm³/mol. The molecule has 0 aliphatic heterocycles. The van der Waals surface area contributed by atoms with Gasteiger partial charge >= 0.3 is 0 Å². The van der Waals surface area contributed by atoms with Gasteiger partial charge in [-0.15, -0.1) is 0 Å². The monoisotopic (exact) mass is 325 g/mol. The fraction of sp³-hybridized carbons (Fsp3) is 0.381. The zero-order valence-electron chi connectivity index (χ0n) is 14.3. The van der Waals surface area contributed by atoms with Crippen molar-refractivity contribution in [2.75, 3.05) is 0 Å². The molecule has 1 fully saturated rings. The molecule has 1 nitrogen and oxygen atoms in total. The van der Waals surface area contributed by atoms with E-state index in [1.54, 1.807) is 6.07 Å². The Morgan fingerprint density at radius 3 is 2.33 bits per heavy atom. The van der Waals surface area contributed by atoms with Gasteiger partial charge in [-0.1, -0.05) is 18.2 Å². The van der Waals surface area contributed by atoms with Crippen molar-refractivity contribution < 1.29 is 8.78 Å². The van der Waals surface area contributed by atoms with Crippen LogP contribution in [0.4, 0.5) is 8.78 Å². The van der Waals surface area contributed by atoms with Crippen molar-refractivity contribution in [2.45, 2.75) is 46.0 Å². The highest BCUT2D eigenvalue weighted by atomic mass is 19.1. The lowest BCUT2D eigenvalue weighted by Crippen LogP contribution is -2.25. The molecule has 0 atom stereocenters. The van der Waals surface area contributed by atoms with Crippen LogP contribution in [0.5, 0.6) is 0 Å². The second-order valence-electron chi connectivity index (χ2n) is 6.98. The van der Waals surface area contributed by atoms with Crippen molar-refractivity contribution in [3.8, 4) is 6.07 Å². The fourth-order valence-corrected chi connectivity index (χ4v) is 3.62. The fourth-order valence-electron chi connectivity index (χ4n) is 3.62. The van der Waals surface area contributed by atoms with E-state index in [0.717, 1.165) is 35.1 Å². The van der Waals surface area contributed by atoms with Crippen LogP contribution < -0.4 is 0 Å². The molecule has 0 amide bonds. The molecule has 1 saturated carbocycles. The minimum Gasteiger partial charge on any atom is -0.206 e. The van der Waals surface area contributed by atoms with Gasteiger partial charge in [-0.2, -0.15) is 5.26 Å². The Bertz CT molecular complexity index is 827. The Morgan fingerprint density at radius 2 is 1.67 bits per heavy atom. The van der Waals surface area contributed by atoms with Crippen molar-refractivity contribution in [2.24, 2.45) is 5.92 Å². The first-order valence-electron chi connectivity index (χ1n) is 8.36. The Kier molecular flexibility index (Phi) is 4.41. The number of hydrogen-bond acceptors (Lipinski definition) is 1. The summed E-state index contributed by atoms with van der Waals surface area (Å²) >= 11 is 0. The van der Waals surface area contributed by atoms with Gasteiger partial charge in [0.15, 0.2) is 0 Å². The van der Waals surface area contributed by atoms with Crippen molar-refractivity contribution in [1.29, 1.82) is 5.26 Å². The molecule has 0 saturated heterocycles. The second-order valence-corrected chi connectivity index (χ2v) is 6.98. The number of halogens is 2. The molecule has 0 heterocycles. The van der Waals surface area contributed by atoms with Gasteiger partial charge in [-0.3, -0.25) is 0 Å². The van der Waals surface area contributed by atoms with Gasteiger partial charge < -0.3 is 0 Å². The first-order chi connectivity index (χ1) is 11.4. The molecule has 3 rings (SSSR count). The topological polar surface area (TPSA) is 23.8 Å². The largest absolute Gasteiger partial charge is 0.206 e. The second kappa shape index (κ2) is 6.36. The Morgan fingerprint density at radius 1 is 1.00 bits per heavy atom. The highest BCUT2D eigenvalue weighted by molar-refractivity contribution is 5.40. The van der Waals surface area contributed by atoms with Crippen LogP contribution in [0.15, 0.2) is 24.3 Å². The summed E-state index contributed by atoms with van der Waals surface area (Å²) in [6.07, 6.45) is 2.36. The standard InChI is InChI=1S/C21H21F2N/c1-12-5-7-18(20(22)14(12)3)17-8-15(9-17)10-19-13(2)4-6-16(11-24)21(19)23/h4-7,15,17H,8-10H2,1-3H3. The van der Waals surface area contributed by atoms with Crippen LogP contribution in [-0.2, 0) is 6.42 Å². The first-order valence-corrected chi connectivity index (χ1v) is 8.36. The molecule has 2 aromatic rings. The van der Waals surface area contributed by atoms with Crippen LogP contribution in [-0.4, -0.2) is 0 Å². The van der Waals surface area contributed by atoms with Gasteiger partial charge in [0.1, 0.15) is 17.7 Å². The molecular formula is C21H21F2N. The molecule has 0 radical (unpaired) electrons. The van der Waals surface area contributed by atoms with Gasteiger partial charge in [0.05, 0.1) is 5.56 Å². The Labute approximate surface area is 141 Å². The highest BCUT2D eigenvalue weighted by Gasteiger charge is 2.33. The average molecular weight is 325 g/mol. The summed E-state index contributed by atoms with van der Waals surface area (Å²) in [5.41, 5.74) is 4.10. The Hall–Kier alpha value is -2.21. The lowest BCUT2D eigenvalue weighted by molar-refractivity contribution is 0.254. The zero-order valence-corrected chi connectivity index (χ0v) is 14.3. The van der Waals surface area contributed by atoms with Gasteiger partial charge in [0.2, 0.25) is 0 Å². The van der Waals surface area contributed by atoms with E-state index in [1.165, 1.54) is 6.07 Å². The first kappa shape index (κ1) is 16.6. The third kappa shape index (κ3) is 2.82. The van der Waals surface area contributed by atoms with Crippen LogP contribution in [0.2, 0.25) is 0 Å². The van der Waals surface area contributed by atoms with Gasteiger partial charge in [0.25, 0.3) is 0 Å². The summed E-state index contributed by atoms with van der Waals surface area (Å²) in [4.78, 5) is 0. The van der Waals surface area contributed by atoms with Crippen molar-refractivity contribution in [3.63, 3.8) is 0 Å². The molecule has 24 heavy (non-hydrogen) atoms. The smallest absolute Gasteiger partial charge is 0.144 e. The van der Waals surface area contributed by atoms with Crippen LogP contribution in [0, 0.1) is 49.7 Å². The minimum atomic E-state index is -0.390. The lowest BCUT2D eigenvalue weighted by atomic mass is 9.68. The maximum Gasteiger partial charge on any atom is 0.144 e. The van der Waals surface area contributed by atoms with E-state index >= 15 is 0 Å². The van der Waals surface area contributed by atoms with E-state index in [-0.39, 0.29) is 17.3 Å². The minimum absolute atomic E-state index is 0.0905. The summed E-state index contributed by atoms with van der Waals surface area (Å²) < 4.78 is 28.8. The summed E-state index contributed by atoms with van der Waals surface area (Å²) in [6.45, 7) is 5.61. The Balaban J connectivity index is 1.73. The maximum atomic E-state index is 14.4. The molecule has 3 heteroatoms. The molecule has 1 aliphatic rings. The zero-order chi connectivity index (χ0) is 17.4. The van der Waals surface area contributed by atoms with Crippen molar-refractivity contribution >= 4 is 0 Å². The average Bonchev–Trinajstić information content (AvgIpc) is 2.52. The number of aryl methyl sites for hydroxylation is 2. The molecule has 1 aliphatic carbocycles. The van der Waals surface area contributed by atoms with E-state index in [9.17, 15) is 8.78 Å². The summed E-state index contributed by atoms with van der Waals surface area (Å²) in [5, 5.41) is 8.98. The van der Waals surface area contributed by atoms with E-state index < -0.39 is 5.82 Å². The summed E-state index contributed by atoms with van der Waals surface area (Å²) in [5.74, 6) is 0.0839. The maximum absolute atomic E-state index is 14.4. The van der Waals surface area contributed by atoms with Gasteiger partial charge in [-0.05, 0) is 85.8 Å². The molecule has 0 N–H and O–H groups in total. The van der Waals surface area contributed by atoms with Crippen LogP contribution in [0.1, 0.15) is 52.1 Å².